The fourth-order valence-corrected chi connectivity index (χ4v) is 4.05. The molecule has 0 fully saturated rings. The highest BCUT2D eigenvalue weighted by Crippen LogP contribution is 2.21. The second-order valence-corrected chi connectivity index (χ2v) is 8.73. The quantitative estimate of drug-likeness (QED) is 0.491. The minimum absolute atomic E-state index is 0.151. The van der Waals surface area contributed by atoms with Crippen LogP contribution >= 0.6 is 34.7 Å². The molecule has 0 spiro atoms. The van der Waals surface area contributed by atoms with Crippen molar-refractivity contribution in [3.63, 3.8) is 0 Å². The molecule has 158 valence electrons. The predicted octanol–water partition coefficient (Wildman–Crippen LogP) is 3.10. The van der Waals surface area contributed by atoms with E-state index in [-0.39, 0.29) is 23.6 Å². The average molecular weight is 466 g/mol. The maximum atomic E-state index is 12.4. The Morgan fingerprint density at radius 1 is 1.20 bits per heavy atom. The molecular formula is C18H20ClN7O2S2. The minimum atomic E-state index is -0.372. The van der Waals surface area contributed by atoms with Crippen molar-refractivity contribution in [1.29, 1.82) is 0 Å². The molecule has 3 rings (SSSR count). The smallest absolute Gasteiger partial charge is 0.251 e. The van der Waals surface area contributed by atoms with Gasteiger partial charge in [-0.15, -0.1) is 20.4 Å². The van der Waals surface area contributed by atoms with Crippen LogP contribution in [0.3, 0.4) is 0 Å². The molecule has 3 aromatic rings. The number of amides is 2. The number of carbonyl (C=O) groups is 2. The number of aryl methyl sites for hydroxylation is 1. The van der Waals surface area contributed by atoms with Crippen LogP contribution in [-0.2, 0) is 18.3 Å². The molecule has 0 saturated carbocycles. The fraction of sp³-hybridized carbons (Fsp3) is 0.333. The number of benzene rings is 1. The van der Waals surface area contributed by atoms with Crippen LogP contribution < -0.4 is 10.6 Å². The van der Waals surface area contributed by atoms with E-state index in [1.54, 1.807) is 35.9 Å². The summed E-state index contributed by atoms with van der Waals surface area (Å²) in [6.45, 7) is 3.80. The molecular weight excluding hydrogens is 446 g/mol. The lowest BCUT2D eigenvalue weighted by atomic mass is 10.2. The summed E-state index contributed by atoms with van der Waals surface area (Å²) in [5, 5.41) is 24.3. The molecule has 12 heteroatoms. The normalized spacial score (nSPS) is 11.9. The van der Waals surface area contributed by atoms with Gasteiger partial charge >= 0.3 is 0 Å². The van der Waals surface area contributed by atoms with Crippen LogP contribution in [0.4, 0.5) is 5.13 Å². The van der Waals surface area contributed by atoms with Crippen molar-refractivity contribution in [3.8, 4) is 0 Å². The van der Waals surface area contributed by atoms with E-state index in [2.05, 4.69) is 31.0 Å². The Morgan fingerprint density at radius 2 is 1.93 bits per heavy atom. The molecule has 0 aliphatic rings. The second kappa shape index (κ2) is 10.0. The molecule has 2 heterocycles. The molecule has 30 heavy (non-hydrogen) atoms. The van der Waals surface area contributed by atoms with Gasteiger partial charge in [-0.05, 0) is 37.6 Å². The van der Waals surface area contributed by atoms with Crippen LogP contribution in [0, 0.1) is 0 Å². The van der Waals surface area contributed by atoms with Crippen molar-refractivity contribution < 1.29 is 9.59 Å². The van der Waals surface area contributed by atoms with Crippen LogP contribution in [0.15, 0.2) is 29.4 Å². The lowest BCUT2D eigenvalue weighted by Gasteiger charge is -2.13. The number of nitrogens with one attached hydrogen (secondary N) is 2. The third-order valence-electron chi connectivity index (χ3n) is 4.06. The number of halogens is 1. The zero-order valence-corrected chi connectivity index (χ0v) is 18.9. The summed E-state index contributed by atoms with van der Waals surface area (Å²) >= 11 is 8.46. The number of hydrogen-bond acceptors (Lipinski definition) is 8. The first-order chi connectivity index (χ1) is 14.4. The van der Waals surface area contributed by atoms with Crippen molar-refractivity contribution in [2.24, 2.45) is 7.05 Å². The Hall–Kier alpha value is -2.50. The Bertz CT molecular complexity index is 1040. The first kappa shape index (κ1) is 22.2. The number of hydrogen-bond donors (Lipinski definition) is 2. The zero-order chi connectivity index (χ0) is 21.7. The standard InChI is InChI=1S/C18H20ClN7O2S2/c1-4-14-22-24-17(30-14)21-13(27)9-29-18-25-23-15(26(18)3)10(2)20-16(28)11-5-7-12(19)8-6-11/h5-8,10H,4,9H2,1-3H3,(H,20,28)(H,21,24,27)/t10-/m1/s1. The Morgan fingerprint density at radius 3 is 2.60 bits per heavy atom. The van der Waals surface area contributed by atoms with E-state index in [4.69, 9.17) is 11.6 Å². The number of rotatable bonds is 8. The second-order valence-electron chi connectivity index (χ2n) is 6.29. The van der Waals surface area contributed by atoms with Crippen molar-refractivity contribution in [2.45, 2.75) is 31.5 Å². The summed E-state index contributed by atoms with van der Waals surface area (Å²) in [7, 11) is 1.79. The van der Waals surface area contributed by atoms with Gasteiger partial charge in [0.25, 0.3) is 5.91 Å². The first-order valence-electron chi connectivity index (χ1n) is 9.08. The highest BCUT2D eigenvalue weighted by molar-refractivity contribution is 7.99. The predicted molar refractivity (Wildman–Crippen MR) is 117 cm³/mol. The number of thioether (sulfide) groups is 1. The van der Waals surface area contributed by atoms with Crippen molar-refractivity contribution in [1.82, 2.24) is 30.3 Å². The Kier molecular flexibility index (Phi) is 7.40. The van der Waals surface area contributed by atoms with Crippen LogP contribution in [0.5, 0.6) is 0 Å². The molecule has 2 aromatic heterocycles. The van der Waals surface area contributed by atoms with Crippen molar-refractivity contribution in [2.75, 3.05) is 11.1 Å². The summed E-state index contributed by atoms with van der Waals surface area (Å²) in [4.78, 5) is 24.5. The van der Waals surface area contributed by atoms with Gasteiger partial charge in [0.15, 0.2) is 11.0 Å². The number of anilines is 1. The summed E-state index contributed by atoms with van der Waals surface area (Å²) in [6.07, 6.45) is 0.775. The van der Waals surface area contributed by atoms with Gasteiger partial charge in [-0.25, -0.2) is 0 Å². The largest absolute Gasteiger partial charge is 0.342 e. The molecule has 0 unspecified atom stereocenters. The van der Waals surface area contributed by atoms with Crippen LogP contribution in [-0.4, -0.2) is 42.5 Å². The minimum Gasteiger partial charge on any atom is -0.342 e. The molecule has 0 bridgehead atoms. The molecule has 1 atom stereocenters. The fourth-order valence-electron chi connectivity index (χ4n) is 2.51. The van der Waals surface area contributed by atoms with Gasteiger partial charge in [-0.3, -0.25) is 14.9 Å². The van der Waals surface area contributed by atoms with E-state index in [1.807, 2.05) is 13.8 Å². The molecule has 0 aliphatic heterocycles. The third-order valence-corrected chi connectivity index (χ3v) is 6.31. The third kappa shape index (κ3) is 5.55. The molecule has 2 amide bonds. The number of aromatic nitrogens is 5. The highest BCUT2D eigenvalue weighted by atomic mass is 35.5. The van der Waals surface area contributed by atoms with Gasteiger partial charge in [-0.2, -0.15) is 0 Å². The summed E-state index contributed by atoms with van der Waals surface area (Å²) in [5.41, 5.74) is 0.502. The van der Waals surface area contributed by atoms with Gasteiger partial charge in [0.1, 0.15) is 5.01 Å². The van der Waals surface area contributed by atoms with Crippen LogP contribution in [0.2, 0.25) is 5.02 Å². The van der Waals surface area contributed by atoms with E-state index in [1.165, 1.54) is 23.1 Å². The molecule has 9 nitrogen and oxygen atoms in total. The molecule has 1 aromatic carbocycles. The maximum Gasteiger partial charge on any atom is 0.251 e. The van der Waals surface area contributed by atoms with Gasteiger partial charge in [0.05, 0.1) is 11.8 Å². The number of carbonyl (C=O) groups excluding carboxylic acids is 2. The topological polar surface area (TPSA) is 115 Å². The van der Waals surface area contributed by atoms with Crippen LogP contribution in [0.1, 0.15) is 41.1 Å². The lowest BCUT2D eigenvalue weighted by Crippen LogP contribution is -2.28. The molecule has 2 N–H and O–H groups in total. The van der Waals surface area contributed by atoms with Crippen molar-refractivity contribution in [3.05, 3.63) is 45.7 Å². The van der Waals surface area contributed by atoms with E-state index < -0.39 is 0 Å². The number of nitrogens with zero attached hydrogens (tertiary/aromatic N) is 5. The molecule has 0 saturated heterocycles. The zero-order valence-electron chi connectivity index (χ0n) is 16.5. The summed E-state index contributed by atoms with van der Waals surface area (Å²) in [6, 6.07) is 6.26. The Labute approximate surface area is 186 Å². The van der Waals surface area contributed by atoms with Gasteiger partial charge < -0.3 is 9.88 Å². The molecule has 0 radical (unpaired) electrons. The first-order valence-corrected chi connectivity index (χ1v) is 11.3. The van der Waals surface area contributed by atoms with Gasteiger partial charge in [0, 0.05) is 17.6 Å². The average Bonchev–Trinajstić information content (AvgIpc) is 3.33. The van der Waals surface area contributed by atoms with E-state index in [0.717, 1.165) is 11.4 Å². The van der Waals surface area contributed by atoms with Crippen molar-refractivity contribution >= 4 is 51.6 Å². The van der Waals surface area contributed by atoms with Gasteiger partial charge in [0.2, 0.25) is 11.0 Å². The molecule has 0 aliphatic carbocycles. The lowest BCUT2D eigenvalue weighted by molar-refractivity contribution is -0.113. The summed E-state index contributed by atoms with van der Waals surface area (Å²) < 4.78 is 1.75. The van der Waals surface area contributed by atoms with Gasteiger partial charge in [-0.1, -0.05) is 41.6 Å². The van der Waals surface area contributed by atoms with Crippen LogP contribution in [0.25, 0.3) is 0 Å². The van der Waals surface area contributed by atoms with E-state index in [0.29, 0.717) is 26.7 Å². The maximum absolute atomic E-state index is 12.4. The summed E-state index contributed by atoms with van der Waals surface area (Å²) in [5.74, 6) is 0.294. The highest BCUT2D eigenvalue weighted by Gasteiger charge is 2.19. The SMILES string of the molecule is CCc1nnc(NC(=O)CSc2nnc([C@@H](C)NC(=O)c3ccc(Cl)cc3)n2C)s1. The monoisotopic (exact) mass is 465 g/mol. The Balaban J connectivity index is 1.56. The van der Waals surface area contributed by atoms with E-state index in [9.17, 15) is 9.59 Å². The van der Waals surface area contributed by atoms with E-state index >= 15 is 0 Å².